The highest BCUT2D eigenvalue weighted by Gasteiger charge is 2.18. The maximum absolute atomic E-state index is 8.93. The summed E-state index contributed by atoms with van der Waals surface area (Å²) in [6, 6.07) is 2.06. The molecule has 0 bridgehead atoms. The van der Waals surface area contributed by atoms with E-state index in [2.05, 4.69) is 33.2 Å². The molecule has 0 amide bonds. The molecule has 1 fully saturated rings. The van der Waals surface area contributed by atoms with E-state index in [-0.39, 0.29) is 0 Å². The van der Waals surface area contributed by atoms with Crippen molar-refractivity contribution in [1.29, 1.82) is 5.26 Å². The van der Waals surface area contributed by atoms with Gasteiger partial charge in [0, 0.05) is 25.5 Å². The molecule has 0 spiro atoms. The van der Waals surface area contributed by atoms with Gasteiger partial charge in [-0.05, 0) is 31.8 Å². The van der Waals surface area contributed by atoms with Crippen LogP contribution in [0.3, 0.4) is 0 Å². The van der Waals surface area contributed by atoms with Gasteiger partial charge in [-0.1, -0.05) is 6.92 Å². The van der Waals surface area contributed by atoms with E-state index in [9.17, 15) is 0 Å². The standard InChI is InChI=1S/C13H19N5/c1-2-18-7-3-4-11(10-18)9-17-13-12(8-14)15-5-6-16-13/h5-6,11H,2-4,7,9-10H2,1H3,(H,16,17). The molecule has 1 N–H and O–H groups in total. The van der Waals surface area contributed by atoms with E-state index in [4.69, 9.17) is 5.26 Å². The van der Waals surface area contributed by atoms with Crippen LogP contribution in [0.15, 0.2) is 12.4 Å². The van der Waals surface area contributed by atoms with Gasteiger partial charge >= 0.3 is 0 Å². The summed E-state index contributed by atoms with van der Waals surface area (Å²) < 4.78 is 0. The Bertz CT molecular complexity index is 426. The first kappa shape index (κ1) is 12.8. The molecule has 18 heavy (non-hydrogen) atoms. The molecule has 1 aromatic heterocycles. The fourth-order valence-corrected chi connectivity index (χ4v) is 2.40. The number of rotatable bonds is 4. The highest BCUT2D eigenvalue weighted by molar-refractivity contribution is 5.46. The summed E-state index contributed by atoms with van der Waals surface area (Å²) in [6.45, 7) is 6.52. The number of nitrogens with one attached hydrogen (secondary N) is 1. The molecule has 2 heterocycles. The average molecular weight is 245 g/mol. The van der Waals surface area contributed by atoms with Crippen LogP contribution in [0.4, 0.5) is 5.82 Å². The van der Waals surface area contributed by atoms with Crippen molar-refractivity contribution in [2.75, 3.05) is 31.5 Å². The quantitative estimate of drug-likeness (QED) is 0.870. The second kappa shape index (κ2) is 6.31. The van der Waals surface area contributed by atoms with Crippen molar-refractivity contribution in [3.05, 3.63) is 18.1 Å². The minimum Gasteiger partial charge on any atom is -0.367 e. The van der Waals surface area contributed by atoms with Gasteiger partial charge in [-0.15, -0.1) is 0 Å². The lowest BCUT2D eigenvalue weighted by Gasteiger charge is -2.31. The molecular weight excluding hydrogens is 226 g/mol. The fourth-order valence-electron chi connectivity index (χ4n) is 2.40. The maximum Gasteiger partial charge on any atom is 0.182 e. The molecule has 1 aliphatic heterocycles. The van der Waals surface area contributed by atoms with Crippen LogP contribution in [0.5, 0.6) is 0 Å². The first-order valence-electron chi connectivity index (χ1n) is 6.50. The number of piperidine rings is 1. The zero-order valence-corrected chi connectivity index (χ0v) is 10.8. The third kappa shape index (κ3) is 3.17. The third-order valence-corrected chi connectivity index (χ3v) is 3.41. The predicted molar refractivity (Wildman–Crippen MR) is 70.1 cm³/mol. The zero-order chi connectivity index (χ0) is 12.8. The molecule has 1 aromatic rings. The third-order valence-electron chi connectivity index (χ3n) is 3.41. The van der Waals surface area contributed by atoms with Crippen LogP contribution in [-0.2, 0) is 0 Å². The number of hydrogen-bond donors (Lipinski definition) is 1. The molecule has 96 valence electrons. The lowest BCUT2D eigenvalue weighted by atomic mass is 9.98. The summed E-state index contributed by atoms with van der Waals surface area (Å²) in [5.41, 5.74) is 0.376. The Morgan fingerprint density at radius 1 is 1.50 bits per heavy atom. The number of likely N-dealkylation sites (tertiary alicyclic amines) is 1. The average Bonchev–Trinajstić information content (AvgIpc) is 2.45. The Kier molecular flexibility index (Phi) is 4.48. The molecule has 2 rings (SSSR count). The van der Waals surface area contributed by atoms with E-state index in [0.29, 0.717) is 17.4 Å². The van der Waals surface area contributed by atoms with Crippen molar-refractivity contribution >= 4 is 5.82 Å². The Hall–Kier alpha value is -1.67. The van der Waals surface area contributed by atoms with Gasteiger partial charge in [0.1, 0.15) is 6.07 Å². The van der Waals surface area contributed by atoms with E-state index in [1.54, 1.807) is 12.4 Å². The monoisotopic (exact) mass is 245 g/mol. The lowest BCUT2D eigenvalue weighted by molar-refractivity contribution is 0.189. The number of nitrogens with zero attached hydrogens (tertiary/aromatic N) is 4. The van der Waals surface area contributed by atoms with Crippen LogP contribution >= 0.6 is 0 Å². The lowest BCUT2D eigenvalue weighted by Crippen LogP contribution is -2.37. The van der Waals surface area contributed by atoms with Crippen LogP contribution in [0.1, 0.15) is 25.5 Å². The van der Waals surface area contributed by atoms with Crippen LogP contribution in [0, 0.1) is 17.2 Å². The van der Waals surface area contributed by atoms with E-state index in [0.717, 1.165) is 19.6 Å². The Balaban J connectivity index is 1.89. The van der Waals surface area contributed by atoms with Gasteiger partial charge in [0.15, 0.2) is 11.5 Å². The largest absolute Gasteiger partial charge is 0.367 e. The van der Waals surface area contributed by atoms with Gasteiger partial charge in [-0.3, -0.25) is 0 Å². The molecule has 5 nitrogen and oxygen atoms in total. The molecular formula is C13H19N5. The van der Waals surface area contributed by atoms with E-state index in [1.165, 1.54) is 19.4 Å². The van der Waals surface area contributed by atoms with Crippen molar-refractivity contribution in [1.82, 2.24) is 14.9 Å². The summed E-state index contributed by atoms with van der Waals surface area (Å²) >= 11 is 0. The van der Waals surface area contributed by atoms with Gasteiger partial charge < -0.3 is 10.2 Å². The maximum atomic E-state index is 8.93. The molecule has 1 aliphatic rings. The van der Waals surface area contributed by atoms with E-state index >= 15 is 0 Å². The van der Waals surface area contributed by atoms with Crippen molar-refractivity contribution < 1.29 is 0 Å². The smallest absolute Gasteiger partial charge is 0.182 e. The molecule has 1 unspecified atom stereocenters. The number of aromatic nitrogens is 2. The Morgan fingerprint density at radius 3 is 3.11 bits per heavy atom. The van der Waals surface area contributed by atoms with Crippen molar-refractivity contribution in [3.8, 4) is 6.07 Å². The summed E-state index contributed by atoms with van der Waals surface area (Å²) in [5, 5.41) is 12.2. The van der Waals surface area contributed by atoms with Crippen LogP contribution in [-0.4, -0.2) is 41.0 Å². The normalized spacial score (nSPS) is 20.3. The summed E-state index contributed by atoms with van der Waals surface area (Å²) in [5.74, 6) is 1.24. The first-order chi connectivity index (χ1) is 8.83. The summed E-state index contributed by atoms with van der Waals surface area (Å²) in [6.07, 6.45) is 5.66. The number of nitriles is 1. The van der Waals surface area contributed by atoms with Gasteiger partial charge in [0.25, 0.3) is 0 Å². The van der Waals surface area contributed by atoms with E-state index in [1.807, 2.05) is 0 Å². The highest BCUT2D eigenvalue weighted by Crippen LogP contribution is 2.17. The van der Waals surface area contributed by atoms with Crippen LogP contribution < -0.4 is 5.32 Å². The first-order valence-corrected chi connectivity index (χ1v) is 6.50. The van der Waals surface area contributed by atoms with Crippen molar-refractivity contribution in [2.45, 2.75) is 19.8 Å². The minimum absolute atomic E-state index is 0.376. The van der Waals surface area contributed by atoms with E-state index < -0.39 is 0 Å². The van der Waals surface area contributed by atoms with Gasteiger partial charge in [-0.25, -0.2) is 9.97 Å². The zero-order valence-electron chi connectivity index (χ0n) is 10.8. The molecule has 1 atom stereocenters. The Morgan fingerprint density at radius 2 is 2.33 bits per heavy atom. The molecule has 0 saturated carbocycles. The molecule has 5 heteroatoms. The van der Waals surface area contributed by atoms with Gasteiger partial charge in [-0.2, -0.15) is 5.26 Å². The van der Waals surface area contributed by atoms with Crippen molar-refractivity contribution in [3.63, 3.8) is 0 Å². The second-order valence-corrected chi connectivity index (χ2v) is 4.65. The van der Waals surface area contributed by atoms with Crippen LogP contribution in [0.25, 0.3) is 0 Å². The Labute approximate surface area is 108 Å². The van der Waals surface area contributed by atoms with Gasteiger partial charge in [0.05, 0.1) is 0 Å². The highest BCUT2D eigenvalue weighted by atomic mass is 15.1. The summed E-state index contributed by atoms with van der Waals surface area (Å²) in [7, 11) is 0. The second-order valence-electron chi connectivity index (χ2n) is 4.65. The van der Waals surface area contributed by atoms with Crippen LogP contribution in [0.2, 0.25) is 0 Å². The SMILES string of the molecule is CCN1CCCC(CNc2nccnc2C#N)C1. The molecule has 0 aromatic carbocycles. The number of anilines is 1. The van der Waals surface area contributed by atoms with Gasteiger partial charge in [0.2, 0.25) is 0 Å². The summed E-state index contributed by atoms with van der Waals surface area (Å²) in [4.78, 5) is 10.6. The fraction of sp³-hybridized carbons (Fsp3) is 0.615. The molecule has 0 radical (unpaired) electrons. The topological polar surface area (TPSA) is 64.8 Å². The number of hydrogen-bond acceptors (Lipinski definition) is 5. The minimum atomic E-state index is 0.376. The van der Waals surface area contributed by atoms with Crippen molar-refractivity contribution in [2.24, 2.45) is 5.92 Å². The molecule has 0 aliphatic carbocycles. The molecule has 1 saturated heterocycles. The predicted octanol–water partition coefficient (Wildman–Crippen LogP) is 1.49.